The molecule has 0 amide bonds. The fourth-order valence-electron chi connectivity index (χ4n) is 6.35. The van der Waals surface area contributed by atoms with Gasteiger partial charge < -0.3 is 14.1 Å². The number of hydrogen-bond donors (Lipinski definition) is 0. The van der Waals surface area contributed by atoms with Gasteiger partial charge in [0, 0.05) is 36.1 Å². The molecule has 3 aromatic carbocycles. The number of halogens is 2. The topological polar surface area (TPSA) is 51.7 Å². The Labute approximate surface area is 266 Å². The summed E-state index contributed by atoms with van der Waals surface area (Å²) in [5, 5.41) is 1.90. The average molecular weight is 631 g/mol. The van der Waals surface area contributed by atoms with Crippen LogP contribution < -0.4 is 15.3 Å². The Morgan fingerprint density at radius 2 is 1.57 bits per heavy atom. The molecule has 8 heteroatoms. The summed E-state index contributed by atoms with van der Waals surface area (Å²) in [6.45, 7) is 13.7. The van der Waals surface area contributed by atoms with Gasteiger partial charge in [0.15, 0.2) is 11.6 Å². The molecular formula is C36H40ClFN2O3Si. The van der Waals surface area contributed by atoms with E-state index in [0.717, 1.165) is 16.1 Å². The first-order valence-corrected chi connectivity index (χ1v) is 17.3. The third-order valence-electron chi connectivity index (χ3n) is 8.27. The third kappa shape index (κ3) is 6.24. The van der Waals surface area contributed by atoms with Crippen LogP contribution in [0.1, 0.15) is 61.8 Å². The van der Waals surface area contributed by atoms with Gasteiger partial charge in [-0.2, -0.15) is 0 Å². The number of carbonyl (C=O) groups excluding carboxylic acids is 1. The van der Waals surface area contributed by atoms with Crippen LogP contribution in [0.2, 0.25) is 10.1 Å². The van der Waals surface area contributed by atoms with Crippen molar-refractivity contribution < 1.29 is 18.3 Å². The minimum absolute atomic E-state index is 0.0803. The molecule has 0 radical (unpaired) electrons. The molecule has 2 atom stereocenters. The summed E-state index contributed by atoms with van der Waals surface area (Å²) < 4.78 is 29.4. The van der Waals surface area contributed by atoms with Gasteiger partial charge in [0.1, 0.15) is 5.02 Å². The highest BCUT2D eigenvalue weighted by Gasteiger charge is 2.50. The summed E-state index contributed by atoms with van der Waals surface area (Å²) in [5.41, 5.74) is 2.17. The molecule has 1 aliphatic heterocycles. The Balaban J connectivity index is 1.68. The molecule has 1 aromatic heterocycles. The quantitative estimate of drug-likeness (QED) is 0.154. The van der Waals surface area contributed by atoms with Crippen molar-refractivity contribution in [2.75, 3.05) is 18.0 Å². The first-order valence-electron chi connectivity index (χ1n) is 15.1. The number of pyridine rings is 1. The molecule has 5 rings (SSSR count). The van der Waals surface area contributed by atoms with E-state index in [1.807, 2.05) is 57.2 Å². The molecule has 0 bridgehead atoms. The predicted octanol–water partition coefficient (Wildman–Crippen LogP) is 7.10. The normalized spacial score (nSPS) is 17.5. The van der Waals surface area contributed by atoms with Crippen LogP contribution >= 0.6 is 11.6 Å². The summed E-state index contributed by atoms with van der Waals surface area (Å²) in [6, 6.07) is 25.7. The highest BCUT2D eigenvalue weighted by molar-refractivity contribution is 6.99. The summed E-state index contributed by atoms with van der Waals surface area (Å²) >= 11 is 6.89. The molecule has 0 saturated carbocycles. The van der Waals surface area contributed by atoms with E-state index in [1.54, 1.807) is 18.2 Å². The number of ether oxygens (including phenoxy) is 1. The van der Waals surface area contributed by atoms with Crippen molar-refractivity contribution in [1.29, 1.82) is 0 Å². The lowest BCUT2D eigenvalue weighted by Gasteiger charge is -2.43. The summed E-state index contributed by atoms with van der Waals surface area (Å²) in [4.78, 5) is 20.0. The maximum atomic E-state index is 16.1. The average Bonchev–Trinajstić information content (AvgIpc) is 2.99. The molecule has 1 fully saturated rings. The number of aryl methyl sites for hydroxylation is 1. The second-order valence-corrected chi connectivity index (χ2v) is 17.4. The predicted molar refractivity (Wildman–Crippen MR) is 178 cm³/mol. The Kier molecular flexibility index (Phi) is 9.42. The van der Waals surface area contributed by atoms with E-state index < -0.39 is 19.9 Å². The van der Waals surface area contributed by atoms with Gasteiger partial charge in [-0.15, -0.1) is 0 Å². The summed E-state index contributed by atoms with van der Waals surface area (Å²) in [7, 11) is -2.95. The van der Waals surface area contributed by atoms with E-state index in [4.69, 9.17) is 20.8 Å². The maximum absolute atomic E-state index is 16.1. The van der Waals surface area contributed by atoms with E-state index in [0.29, 0.717) is 29.9 Å². The Bertz CT molecular complexity index is 1560. The monoisotopic (exact) mass is 630 g/mol. The minimum Gasteiger partial charge on any atom is -0.403 e. The van der Waals surface area contributed by atoms with E-state index in [-0.39, 0.29) is 34.4 Å². The number of ketones is 1. The van der Waals surface area contributed by atoms with Crippen molar-refractivity contribution >= 4 is 41.8 Å². The van der Waals surface area contributed by atoms with Crippen molar-refractivity contribution in [2.45, 2.75) is 65.4 Å². The van der Waals surface area contributed by atoms with Crippen molar-refractivity contribution in [3.63, 3.8) is 0 Å². The van der Waals surface area contributed by atoms with Gasteiger partial charge in [0.2, 0.25) is 0 Å². The van der Waals surface area contributed by atoms with Crippen LogP contribution in [0, 0.1) is 12.7 Å². The van der Waals surface area contributed by atoms with Crippen LogP contribution in [0.4, 0.5) is 10.1 Å². The molecule has 5 nitrogen and oxygen atoms in total. The summed E-state index contributed by atoms with van der Waals surface area (Å²) in [6.07, 6.45) is 1.31. The standard InChI is InChI=1S/C36H40ClFN2O3Si/c1-24-17-18-27(20-39-24)35(41)31-19-28(34(32(37)33(31)38)40-21-25(2)43-26(3)22-40)23-42-44(36(4,5)6,29-13-9-7-10-14-29)30-15-11-8-12-16-30/h7-20,25-26H,21-23H2,1-6H3/t25-,26+. The fourth-order valence-corrected chi connectivity index (χ4v) is 11.2. The number of hydrogen-bond acceptors (Lipinski definition) is 5. The molecule has 4 aromatic rings. The highest BCUT2D eigenvalue weighted by Crippen LogP contribution is 2.41. The summed E-state index contributed by atoms with van der Waals surface area (Å²) in [5.74, 6) is -1.22. The number of rotatable bonds is 8. The zero-order chi connectivity index (χ0) is 31.6. The molecular weight excluding hydrogens is 591 g/mol. The molecule has 0 spiro atoms. The number of nitrogens with zero attached hydrogens (tertiary/aromatic N) is 2. The largest absolute Gasteiger partial charge is 0.403 e. The lowest BCUT2D eigenvalue weighted by molar-refractivity contribution is -0.00532. The molecule has 1 aliphatic rings. The lowest BCUT2D eigenvalue weighted by Crippen LogP contribution is -2.66. The Morgan fingerprint density at radius 3 is 2.07 bits per heavy atom. The van der Waals surface area contributed by atoms with E-state index in [2.05, 4.69) is 54.9 Å². The zero-order valence-corrected chi connectivity index (χ0v) is 28.0. The molecule has 0 N–H and O–H groups in total. The fraction of sp³-hybridized carbons (Fsp3) is 0.333. The number of morpholine rings is 1. The van der Waals surface area contributed by atoms with E-state index >= 15 is 4.39 Å². The molecule has 0 aliphatic carbocycles. The SMILES string of the molecule is Cc1ccc(C(=O)c2cc(CO[Si](c3ccccc3)(c3ccccc3)C(C)(C)C)c(N3C[C@@H](C)O[C@@H](C)C3)c(Cl)c2F)cn1. The van der Waals surface area contributed by atoms with Crippen LogP contribution in [0.3, 0.4) is 0 Å². The minimum atomic E-state index is -2.95. The van der Waals surface area contributed by atoms with Crippen LogP contribution in [0.15, 0.2) is 85.1 Å². The van der Waals surface area contributed by atoms with Gasteiger partial charge in [-0.3, -0.25) is 9.78 Å². The van der Waals surface area contributed by atoms with Gasteiger partial charge in [-0.25, -0.2) is 4.39 Å². The van der Waals surface area contributed by atoms with Crippen molar-refractivity contribution in [2.24, 2.45) is 0 Å². The number of aromatic nitrogens is 1. The number of anilines is 1. The Hall–Kier alpha value is -3.36. The number of carbonyl (C=O) groups is 1. The van der Waals surface area contributed by atoms with E-state index in [1.165, 1.54) is 6.20 Å². The number of benzene rings is 3. The Morgan fingerprint density at radius 1 is 1.00 bits per heavy atom. The van der Waals surface area contributed by atoms with Crippen molar-refractivity contribution in [3.05, 3.63) is 118 Å². The maximum Gasteiger partial charge on any atom is 0.261 e. The van der Waals surface area contributed by atoms with Crippen LogP contribution in [-0.4, -0.2) is 44.4 Å². The van der Waals surface area contributed by atoms with Crippen molar-refractivity contribution in [1.82, 2.24) is 4.98 Å². The van der Waals surface area contributed by atoms with Gasteiger partial charge in [-0.1, -0.05) is 93.0 Å². The van der Waals surface area contributed by atoms with E-state index in [9.17, 15) is 4.79 Å². The van der Waals surface area contributed by atoms with Crippen LogP contribution in [-0.2, 0) is 15.8 Å². The molecule has 2 heterocycles. The second-order valence-electron chi connectivity index (χ2n) is 12.7. The second kappa shape index (κ2) is 12.9. The zero-order valence-electron chi connectivity index (χ0n) is 26.2. The molecule has 230 valence electrons. The first-order chi connectivity index (χ1) is 20.9. The van der Waals surface area contributed by atoms with Gasteiger partial charge in [0.25, 0.3) is 8.32 Å². The first kappa shape index (κ1) is 32.0. The molecule has 44 heavy (non-hydrogen) atoms. The smallest absolute Gasteiger partial charge is 0.261 e. The molecule has 0 unspecified atom stereocenters. The van der Waals surface area contributed by atoms with Crippen molar-refractivity contribution in [3.8, 4) is 0 Å². The van der Waals surface area contributed by atoms with Crippen LogP contribution in [0.5, 0.6) is 0 Å². The highest BCUT2D eigenvalue weighted by atomic mass is 35.5. The van der Waals surface area contributed by atoms with Gasteiger partial charge in [-0.05, 0) is 54.4 Å². The van der Waals surface area contributed by atoms with Gasteiger partial charge >= 0.3 is 0 Å². The van der Waals surface area contributed by atoms with Crippen LogP contribution in [0.25, 0.3) is 0 Å². The molecule has 1 saturated heterocycles. The lowest BCUT2D eigenvalue weighted by atomic mass is 9.99. The van der Waals surface area contributed by atoms with Gasteiger partial charge in [0.05, 0.1) is 30.1 Å². The third-order valence-corrected chi connectivity index (χ3v) is 13.6.